The summed E-state index contributed by atoms with van der Waals surface area (Å²) in [4.78, 5) is 12.0. The molecule has 0 heterocycles. The predicted molar refractivity (Wildman–Crippen MR) is 74.4 cm³/mol. The van der Waals surface area contributed by atoms with Crippen molar-refractivity contribution in [2.24, 2.45) is 11.8 Å². The van der Waals surface area contributed by atoms with Gasteiger partial charge in [0.1, 0.15) is 0 Å². The van der Waals surface area contributed by atoms with Crippen molar-refractivity contribution < 1.29 is 14.3 Å². The maximum absolute atomic E-state index is 12.0. The molecule has 0 fully saturated rings. The maximum atomic E-state index is 12.0. The van der Waals surface area contributed by atoms with Gasteiger partial charge in [0.05, 0.1) is 18.8 Å². The van der Waals surface area contributed by atoms with E-state index in [9.17, 15) is 4.79 Å². The quantitative estimate of drug-likeness (QED) is 0.492. The molecule has 0 saturated carbocycles. The largest absolute Gasteiger partial charge is 0.463 e. The highest BCUT2D eigenvalue weighted by Crippen LogP contribution is 2.23. The molecule has 0 unspecified atom stereocenters. The van der Waals surface area contributed by atoms with Crippen molar-refractivity contribution in [2.45, 2.75) is 47.5 Å². The van der Waals surface area contributed by atoms with Crippen molar-refractivity contribution in [3.05, 3.63) is 11.1 Å². The molecule has 0 atom stereocenters. The van der Waals surface area contributed by atoms with Crippen LogP contribution in [0.25, 0.3) is 0 Å². The van der Waals surface area contributed by atoms with E-state index in [1.165, 1.54) is 5.57 Å². The van der Waals surface area contributed by atoms with Crippen molar-refractivity contribution in [3.8, 4) is 0 Å². The fourth-order valence-corrected chi connectivity index (χ4v) is 1.98. The van der Waals surface area contributed by atoms with Crippen LogP contribution in [0.1, 0.15) is 47.5 Å². The van der Waals surface area contributed by atoms with Crippen molar-refractivity contribution >= 4 is 5.97 Å². The lowest BCUT2D eigenvalue weighted by Gasteiger charge is -2.17. The van der Waals surface area contributed by atoms with E-state index < -0.39 is 0 Å². The normalized spacial score (nSPS) is 10.9. The van der Waals surface area contributed by atoms with Crippen molar-refractivity contribution in [1.29, 1.82) is 0 Å². The van der Waals surface area contributed by atoms with Gasteiger partial charge in [-0.2, -0.15) is 0 Å². The van der Waals surface area contributed by atoms with Gasteiger partial charge in [0.25, 0.3) is 0 Å². The predicted octanol–water partition coefficient (Wildman–Crippen LogP) is 3.58. The molecule has 0 radical (unpaired) electrons. The van der Waals surface area contributed by atoms with E-state index in [0.717, 1.165) is 12.8 Å². The average Bonchev–Trinajstić information content (AvgIpc) is 2.23. The van der Waals surface area contributed by atoms with Gasteiger partial charge in [-0.25, -0.2) is 4.79 Å². The van der Waals surface area contributed by atoms with Crippen LogP contribution < -0.4 is 0 Å². The Kier molecular flexibility index (Phi) is 8.73. The summed E-state index contributed by atoms with van der Waals surface area (Å²) in [5.41, 5.74) is 1.89. The highest BCUT2D eigenvalue weighted by atomic mass is 16.5. The van der Waals surface area contributed by atoms with Gasteiger partial charge < -0.3 is 9.47 Å². The van der Waals surface area contributed by atoms with Gasteiger partial charge >= 0.3 is 5.97 Å². The number of hydrogen-bond acceptors (Lipinski definition) is 3. The van der Waals surface area contributed by atoms with Gasteiger partial charge in [-0.1, -0.05) is 33.3 Å². The molecule has 0 aromatic heterocycles. The van der Waals surface area contributed by atoms with Crippen molar-refractivity contribution in [1.82, 2.24) is 0 Å². The first-order valence-corrected chi connectivity index (χ1v) is 6.79. The number of carbonyl (C=O) groups excluding carboxylic acids is 1. The smallest absolute Gasteiger partial charge is 0.336 e. The molecule has 0 rings (SSSR count). The number of ether oxygens (including phenoxy) is 2. The van der Waals surface area contributed by atoms with Crippen LogP contribution in [-0.4, -0.2) is 26.3 Å². The highest BCUT2D eigenvalue weighted by Gasteiger charge is 2.18. The third kappa shape index (κ3) is 6.80. The lowest BCUT2D eigenvalue weighted by atomic mass is 9.91. The van der Waals surface area contributed by atoms with Gasteiger partial charge in [-0.15, -0.1) is 0 Å². The Labute approximate surface area is 112 Å². The summed E-state index contributed by atoms with van der Waals surface area (Å²) in [5, 5.41) is 0. The maximum Gasteiger partial charge on any atom is 0.336 e. The molecule has 0 amide bonds. The van der Waals surface area contributed by atoms with Crippen LogP contribution in [0.3, 0.4) is 0 Å². The number of rotatable bonds is 8. The molecule has 0 N–H and O–H groups in total. The second-order valence-electron chi connectivity index (χ2n) is 5.43. The first-order chi connectivity index (χ1) is 8.42. The van der Waals surface area contributed by atoms with Crippen LogP contribution in [-0.2, 0) is 14.3 Å². The Bertz CT molecular complexity index is 265. The Hall–Kier alpha value is -0.830. The Balaban J connectivity index is 5.16. The standard InChI is InChI=1S/C15H28O3/c1-7-18-15(16)14(10-17-6)13(8-11(2)3)9-12(4)5/h11-12H,7-10H2,1-6H3. The minimum absolute atomic E-state index is 0.226. The zero-order valence-electron chi connectivity index (χ0n) is 12.7. The molecule has 0 spiro atoms. The SMILES string of the molecule is CCOC(=O)C(COC)=C(CC(C)C)CC(C)C. The molecule has 0 aromatic rings. The zero-order valence-corrected chi connectivity index (χ0v) is 12.7. The minimum atomic E-state index is -0.226. The van der Waals surface area contributed by atoms with E-state index >= 15 is 0 Å². The van der Waals surface area contributed by atoms with Crippen LogP contribution in [0.4, 0.5) is 0 Å². The van der Waals surface area contributed by atoms with Crippen LogP contribution in [0, 0.1) is 11.8 Å². The number of methoxy groups -OCH3 is 1. The summed E-state index contributed by atoms with van der Waals surface area (Å²) >= 11 is 0. The Morgan fingerprint density at radius 3 is 1.89 bits per heavy atom. The lowest BCUT2D eigenvalue weighted by Crippen LogP contribution is -2.16. The molecule has 0 aliphatic rings. The molecule has 3 nitrogen and oxygen atoms in total. The van der Waals surface area contributed by atoms with Crippen molar-refractivity contribution in [2.75, 3.05) is 20.3 Å². The molecular weight excluding hydrogens is 228 g/mol. The number of hydrogen-bond donors (Lipinski definition) is 0. The van der Waals surface area contributed by atoms with Crippen LogP contribution in [0.2, 0.25) is 0 Å². The first kappa shape index (κ1) is 17.2. The third-order valence-electron chi connectivity index (χ3n) is 2.55. The summed E-state index contributed by atoms with van der Waals surface area (Å²) in [6.07, 6.45) is 1.85. The van der Waals surface area contributed by atoms with Gasteiger partial charge in [0.15, 0.2) is 0 Å². The molecular formula is C15H28O3. The zero-order chi connectivity index (χ0) is 14.1. The van der Waals surface area contributed by atoms with Gasteiger partial charge in [-0.3, -0.25) is 0 Å². The summed E-state index contributed by atoms with van der Waals surface area (Å²) < 4.78 is 10.3. The Morgan fingerprint density at radius 1 is 1.06 bits per heavy atom. The molecule has 0 aromatic carbocycles. The lowest BCUT2D eigenvalue weighted by molar-refractivity contribution is -0.139. The molecule has 18 heavy (non-hydrogen) atoms. The van der Waals surface area contributed by atoms with E-state index in [-0.39, 0.29) is 5.97 Å². The van der Waals surface area contributed by atoms with Crippen LogP contribution >= 0.6 is 0 Å². The molecule has 3 heteroatoms. The van der Waals surface area contributed by atoms with E-state index in [4.69, 9.17) is 9.47 Å². The average molecular weight is 256 g/mol. The molecule has 0 bridgehead atoms. The molecule has 106 valence electrons. The third-order valence-corrected chi connectivity index (χ3v) is 2.55. The van der Waals surface area contributed by atoms with E-state index in [1.807, 2.05) is 6.92 Å². The fourth-order valence-electron chi connectivity index (χ4n) is 1.98. The van der Waals surface area contributed by atoms with Crippen LogP contribution in [0.5, 0.6) is 0 Å². The second-order valence-corrected chi connectivity index (χ2v) is 5.43. The van der Waals surface area contributed by atoms with Gasteiger partial charge in [0.2, 0.25) is 0 Å². The monoisotopic (exact) mass is 256 g/mol. The number of allylic oxidation sites excluding steroid dienone is 1. The molecule has 0 aliphatic heterocycles. The molecule has 0 saturated heterocycles. The second kappa shape index (κ2) is 9.15. The molecule has 0 aliphatic carbocycles. The van der Waals surface area contributed by atoms with Gasteiger partial charge in [0, 0.05) is 7.11 Å². The van der Waals surface area contributed by atoms with E-state index in [2.05, 4.69) is 27.7 Å². The summed E-state index contributed by atoms with van der Waals surface area (Å²) in [5.74, 6) is 0.829. The minimum Gasteiger partial charge on any atom is -0.463 e. The summed E-state index contributed by atoms with van der Waals surface area (Å²) in [7, 11) is 1.61. The summed E-state index contributed by atoms with van der Waals surface area (Å²) in [6, 6.07) is 0. The fraction of sp³-hybridized carbons (Fsp3) is 0.800. The highest BCUT2D eigenvalue weighted by molar-refractivity contribution is 5.89. The van der Waals surface area contributed by atoms with E-state index in [0.29, 0.717) is 30.6 Å². The first-order valence-electron chi connectivity index (χ1n) is 6.79. The number of carbonyl (C=O) groups is 1. The van der Waals surface area contributed by atoms with Crippen LogP contribution in [0.15, 0.2) is 11.1 Å². The van der Waals surface area contributed by atoms with Crippen molar-refractivity contribution in [3.63, 3.8) is 0 Å². The van der Waals surface area contributed by atoms with Gasteiger partial charge in [-0.05, 0) is 31.6 Å². The number of esters is 1. The Morgan fingerprint density at radius 2 is 1.56 bits per heavy atom. The topological polar surface area (TPSA) is 35.5 Å². The van der Waals surface area contributed by atoms with E-state index in [1.54, 1.807) is 7.11 Å². The summed E-state index contributed by atoms with van der Waals surface area (Å²) in [6.45, 7) is 11.2.